The lowest BCUT2D eigenvalue weighted by atomic mass is 10.00. The fraction of sp³-hybridized carbons (Fsp3) is 0.545. The molecule has 0 unspecified atom stereocenters. The largest absolute Gasteiger partial charge is 0.508 e. The minimum absolute atomic E-state index is 0.218. The number of allylic oxidation sites excluding steroid dienone is 4. The summed E-state index contributed by atoms with van der Waals surface area (Å²) in [5.74, 6) is 0.435. The summed E-state index contributed by atoms with van der Waals surface area (Å²) in [5, 5.41) is 20.4. The first-order valence-electron chi connectivity index (χ1n) is 9.26. The Balaban J connectivity index is 2.60. The SMILES string of the molecule is CCCCCc1cc(O)c(C/C=C(\C)CCCC=C(C)C)c(O)c1. The van der Waals surface area contributed by atoms with E-state index in [0.29, 0.717) is 12.0 Å². The zero-order valence-corrected chi connectivity index (χ0v) is 15.9. The molecule has 0 aliphatic heterocycles. The van der Waals surface area contributed by atoms with Crippen molar-refractivity contribution in [3.63, 3.8) is 0 Å². The minimum atomic E-state index is 0.218. The van der Waals surface area contributed by atoms with Crippen molar-refractivity contribution in [2.75, 3.05) is 0 Å². The highest BCUT2D eigenvalue weighted by atomic mass is 16.3. The van der Waals surface area contributed by atoms with Crippen LogP contribution in [-0.2, 0) is 12.8 Å². The van der Waals surface area contributed by atoms with Crippen molar-refractivity contribution < 1.29 is 10.2 Å². The van der Waals surface area contributed by atoms with Gasteiger partial charge in [0.2, 0.25) is 0 Å². The van der Waals surface area contributed by atoms with E-state index in [1.165, 1.54) is 24.0 Å². The molecule has 0 aliphatic rings. The Bertz CT molecular complexity index is 540. The normalized spacial score (nSPS) is 11.6. The molecule has 0 saturated heterocycles. The van der Waals surface area contributed by atoms with Gasteiger partial charge in [0.05, 0.1) is 0 Å². The van der Waals surface area contributed by atoms with E-state index in [0.717, 1.165) is 37.7 Å². The van der Waals surface area contributed by atoms with E-state index >= 15 is 0 Å². The first-order chi connectivity index (χ1) is 11.4. The van der Waals surface area contributed by atoms with Crippen molar-refractivity contribution in [1.29, 1.82) is 0 Å². The van der Waals surface area contributed by atoms with E-state index in [-0.39, 0.29) is 11.5 Å². The summed E-state index contributed by atoms with van der Waals surface area (Å²) in [7, 11) is 0. The molecule has 0 radical (unpaired) electrons. The number of unbranched alkanes of at least 4 members (excludes halogenated alkanes) is 3. The number of phenols is 2. The van der Waals surface area contributed by atoms with Crippen molar-refractivity contribution >= 4 is 0 Å². The molecule has 0 bridgehead atoms. The molecule has 0 heterocycles. The van der Waals surface area contributed by atoms with Crippen molar-refractivity contribution in [3.05, 3.63) is 46.6 Å². The van der Waals surface area contributed by atoms with E-state index < -0.39 is 0 Å². The van der Waals surface area contributed by atoms with E-state index in [1.54, 1.807) is 0 Å². The zero-order valence-electron chi connectivity index (χ0n) is 15.9. The zero-order chi connectivity index (χ0) is 17.9. The average molecular weight is 331 g/mol. The Kier molecular flexibility index (Phi) is 9.29. The molecule has 2 heteroatoms. The first-order valence-corrected chi connectivity index (χ1v) is 9.26. The van der Waals surface area contributed by atoms with Gasteiger partial charge in [-0.2, -0.15) is 0 Å². The van der Waals surface area contributed by atoms with Crippen LogP contribution in [0, 0.1) is 0 Å². The number of hydrogen-bond donors (Lipinski definition) is 2. The number of hydrogen-bond acceptors (Lipinski definition) is 2. The van der Waals surface area contributed by atoms with Gasteiger partial charge in [0.15, 0.2) is 0 Å². The lowest BCUT2D eigenvalue weighted by Gasteiger charge is -2.09. The fourth-order valence-electron chi connectivity index (χ4n) is 2.78. The van der Waals surface area contributed by atoms with E-state index in [1.807, 2.05) is 12.1 Å². The molecular weight excluding hydrogens is 296 g/mol. The van der Waals surface area contributed by atoms with Crippen molar-refractivity contribution in [1.82, 2.24) is 0 Å². The summed E-state index contributed by atoms with van der Waals surface area (Å²) in [6.07, 6.45) is 12.6. The van der Waals surface area contributed by atoms with Gasteiger partial charge in [0.25, 0.3) is 0 Å². The highest BCUT2D eigenvalue weighted by Crippen LogP contribution is 2.30. The van der Waals surface area contributed by atoms with E-state index in [4.69, 9.17) is 0 Å². The maximum absolute atomic E-state index is 10.2. The van der Waals surface area contributed by atoms with Crippen molar-refractivity contribution in [3.8, 4) is 11.5 Å². The second-order valence-corrected chi connectivity index (χ2v) is 7.00. The summed E-state index contributed by atoms with van der Waals surface area (Å²) < 4.78 is 0. The third kappa shape index (κ3) is 7.72. The van der Waals surface area contributed by atoms with Crippen LogP contribution in [0.25, 0.3) is 0 Å². The van der Waals surface area contributed by atoms with Crippen molar-refractivity contribution in [2.24, 2.45) is 0 Å². The van der Waals surface area contributed by atoms with Gasteiger partial charge in [-0.3, -0.25) is 0 Å². The van der Waals surface area contributed by atoms with Crippen LogP contribution in [0.15, 0.2) is 35.4 Å². The summed E-state index contributed by atoms with van der Waals surface area (Å²) in [4.78, 5) is 0. The molecule has 24 heavy (non-hydrogen) atoms. The first kappa shape index (κ1) is 20.3. The molecule has 1 aromatic carbocycles. The van der Waals surface area contributed by atoms with Gasteiger partial charge < -0.3 is 10.2 Å². The topological polar surface area (TPSA) is 40.5 Å². The maximum atomic E-state index is 10.2. The van der Waals surface area contributed by atoms with Crippen LogP contribution in [-0.4, -0.2) is 10.2 Å². The van der Waals surface area contributed by atoms with Crippen LogP contribution in [0.2, 0.25) is 0 Å². The lowest BCUT2D eigenvalue weighted by Crippen LogP contribution is -1.91. The highest BCUT2D eigenvalue weighted by molar-refractivity contribution is 5.47. The number of phenolic OH excluding ortho intramolecular Hbond substituents is 2. The van der Waals surface area contributed by atoms with Crippen LogP contribution in [0.3, 0.4) is 0 Å². The number of rotatable bonds is 10. The summed E-state index contributed by atoms with van der Waals surface area (Å²) >= 11 is 0. The second-order valence-electron chi connectivity index (χ2n) is 7.00. The minimum Gasteiger partial charge on any atom is -0.508 e. The summed E-state index contributed by atoms with van der Waals surface area (Å²) in [6.45, 7) is 8.54. The van der Waals surface area contributed by atoms with Gasteiger partial charge in [-0.05, 0) is 77.0 Å². The Morgan fingerprint density at radius 2 is 1.62 bits per heavy atom. The van der Waals surface area contributed by atoms with Crippen LogP contribution < -0.4 is 0 Å². The Morgan fingerprint density at radius 3 is 2.21 bits per heavy atom. The molecule has 134 valence electrons. The van der Waals surface area contributed by atoms with Crippen LogP contribution in [0.1, 0.15) is 77.3 Å². The highest BCUT2D eigenvalue weighted by Gasteiger charge is 2.09. The third-order valence-corrected chi connectivity index (χ3v) is 4.31. The lowest BCUT2D eigenvalue weighted by molar-refractivity contribution is 0.439. The molecule has 0 amide bonds. The van der Waals surface area contributed by atoms with E-state index in [2.05, 4.69) is 39.8 Å². The van der Waals surface area contributed by atoms with Crippen LogP contribution >= 0.6 is 0 Å². The molecule has 0 saturated carbocycles. The van der Waals surface area contributed by atoms with Gasteiger partial charge in [-0.1, -0.05) is 43.1 Å². The molecule has 2 nitrogen and oxygen atoms in total. The van der Waals surface area contributed by atoms with Gasteiger partial charge in [-0.15, -0.1) is 0 Å². The Hall–Kier alpha value is -1.70. The number of aromatic hydroxyl groups is 2. The van der Waals surface area contributed by atoms with Gasteiger partial charge in [-0.25, -0.2) is 0 Å². The maximum Gasteiger partial charge on any atom is 0.123 e. The van der Waals surface area contributed by atoms with Gasteiger partial charge >= 0.3 is 0 Å². The molecule has 0 aliphatic carbocycles. The average Bonchev–Trinajstić information content (AvgIpc) is 2.51. The standard InChI is InChI=1S/C22H34O2/c1-5-6-7-12-19-15-21(23)20(22(24)16-19)14-13-18(4)11-9-8-10-17(2)3/h10,13,15-16,23-24H,5-9,11-12,14H2,1-4H3/b18-13+. The van der Waals surface area contributed by atoms with Crippen molar-refractivity contribution in [2.45, 2.75) is 79.1 Å². The Labute approximate surface area is 147 Å². The fourth-order valence-corrected chi connectivity index (χ4v) is 2.78. The molecule has 1 rings (SSSR count). The quantitative estimate of drug-likeness (QED) is 0.382. The predicted octanol–water partition coefficient (Wildman–Crippen LogP) is 6.46. The molecule has 1 aromatic rings. The monoisotopic (exact) mass is 330 g/mol. The van der Waals surface area contributed by atoms with Gasteiger partial charge in [0.1, 0.15) is 11.5 Å². The van der Waals surface area contributed by atoms with Crippen LogP contribution in [0.4, 0.5) is 0 Å². The predicted molar refractivity (Wildman–Crippen MR) is 104 cm³/mol. The third-order valence-electron chi connectivity index (χ3n) is 4.31. The Morgan fingerprint density at radius 1 is 0.958 bits per heavy atom. The summed E-state index contributed by atoms with van der Waals surface area (Å²) in [6, 6.07) is 3.62. The molecule has 2 N–H and O–H groups in total. The number of benzene rings is 1. The van der Waals surface area contributed by atoms with E-state index in [9.17, 15) is 10.2 Å². The molecule has 0 spiro atoms. The smallest absolute Gasteiger partial charge is 0.123 e. The van der Waals surface area contributed by atoms with Crippen LogP contribution in [0.5, 0.6) is 11.5 Å². The summed E-state index contributed by atoms with van der Waals surface area (Å²) in [5.41, 5.74) is 4.33. The van der Waals surface area contributed by atoms with Gasteiger partial charge in [0, 0.05) is 5.56 Å². The molecular formula is C22H34O2. The molecule has 0 atom stereocenters. The second kappa shape index (κ2) is 11.0. The molecule has 0 fully saturated rings. The number of aryl methyl sites for hydroxylation is 1. The molecule has 0 aromatic heterocycles.